The Hall–Kier alpha value is -3.36. The van der Waals surface area contributed by atoms with E-state index in [0.717, 1.165) is 13.0 Å². The van der Waals surface area contributed by atoms with Crippen LogP contribution in [0.25, 0.3) is 0 Å². The molecule has 0 aliphatic rings. The predicted octanol–water partition coefficient (Wildman–Crippen LogP) is 20.9. The Balaban J connectivity index is -0.000000714. The average molecular weight is 1610 g/mol. The van der Waals surface area contributed by atoms with Crippen LogP contribution in [0.15, 0.2) is 0 Å². The zero-order chi connectivity index (χ0) is 82.2. The molecule has 101 heavy (non-hydrogen) atoms. The third kappa shape index (κ3) is 23.3. The second-order valence-corrected chi connectivity index (χ2v) is 20.8. The van der Waals surface area contributed by atoms with Crippen molar-refractivity contribution in [2.75, 3.05) is 66.1 Å². The number of alkyl halides is 44. The molecule has 0 aromatic rings. The van der Waals surface area contributed by atoms with E-state index < -0.39 is 184 Å². The van der Waals surface area contributed by atoms with Gasteiger partial charge >= 0.3 is 119 Å². The van der Waals surface area contributed by atoms with Gasteiger partial charge in [0.1, 0.15) is 6.61 Å². The van der Waals surface area contributed by atoms with Gasteiger partial charge in [0.15, 0.2) is 0 Å². The molecule has 614 valence electrons. The molecule has 51 heteroatoms. The summed E-state index contributed by atoms with van der Waals surface area (Å²) < 4.78 is 610. The molecule has 5 atom stereocenters. The number of rotatable bonds is 39. The van der Waals surface area contributed by atoms with E-state index in [-0.39, 0.29) is 32.0 Å². The molecule has 0 bridgehead atoms. The van der Waals surface area contributed by atoms with Gasteiger partial charge in [-0.25, -0.2) is 22.0 Å². The highest BCUT2D eigenvalue weighted by Gasteiger charge is 3.00. The van der Waals surface area contributed by atoms with Gasteiger partial charge in [-0.2, -0.15) is 171 Å². The van der Waals surface area contributed by atoms with Crippen LogP contribution in [0.2, 0.25) is 0 Å². The summed E-state index contributed by atoms with van der Waals surface area (Å²) in [6.45, 7) is 9.30. The molecular formula is C50H64F44O7. The van der Waals surface area contributed by atoms with Gasteiger partial charge in [-0.05, 0) is 60.3 Å². The topological polar surface area (TPSA) is 64.6 Å². The summed E-state index contributed by atoms with van der Waals surface area (Å²) >= 11 is 0. The van der Waals surface area contributed by atoms with Crippen molar-refractivity contribution in [3.05, 3.63) is 0 Å². The lowest BCUT2D eigenvalue weighted by Gasteiger charge is -2.46. The summed E-state index contributed by atoms with van der Waals surface area (Å²) in [6.07, 6.45) is -46.0. The van der Waals surface area contributed by atoms with E-state index in [1.54, 1.807) is 27.7 Å². The van der Waals surface area contributed by atoms with Gasteiger partial charge in [0.25, 0.3) is 6.17 Å². The van der Waals surface area contributed by atoms with Crippen molar-refractivity contribution in [3.8, 4) is 0 Å². The lowest BCUT2D eigenvalue weighted by molar-refractivity contribution is -0.481. The molecular weight excluding hydrogens is 1550 g/mol. The molecule has 5 unspecified atom stereocenters. The molecule has 0 aliphatic carbocycles. The normalized spacial score (nSPS) is 16.5. The number of halogens is 44. The van der Waals surface area contributed by atoms with Gasteiger partial charge in [-0.3, -0.25) is 0 Å². The minimum absolute atomic E-state index is 0.0337. The summed E-state index contributed by atoms with van der Waals surface area (Å²) in [7, 11) is 0. The van der Waals surface area contributed by atoms with Crippen molar-refractivity contribution < 1.29 is 226 Å². The van der Waals surface area contributed by atoms with Gasteiger partial charge in [-0.15, -0.1) is 0 Å². The Kier molecular flexibility index (Phi) is 38.1. The largest absolute Gasteiger partial charge is 0.438 e. The van der Waals surface area contributed by atoms with Crippen LogP contribution in [0.1, 0.15) is 101 Å². The van der Waals surface area contributed by atoms with Gasteiger partial charge < -0.3 is 33.2 Å². The fourth-order valence-electron chi connectivity index (χ4n) is 6.23. The third-order valence-electron chi connectivity index (χ3n) is 13.2. The molecule has 0 radical (unpaired) electrons. The van der Waals surface area contributed by atoms with E-state index in [4.69, 9.17) is 18.9 Å². The second-order valence-electron chi connectivity index (χ2n) is 20.8. The van der Waals surface area contributed by atoms with Gasteiger partial charge in [-0.1, -0.05) is 27.7 Å². The van der Waals surface area contributed by atoms with E-state index >= 15 is 0 Å². The second kappa shape index (κ2) is 37.0. The Morgan fingerprint density at radius 2 is 0.455 bits per heavy atom. The van der Waals surface area contributed by atoms with Crippen LogP contribution in [0.3, 0.4) is 0 Å². The van der Waals surface area contributed by atoms with Crippen LogP contribution in [-0.2, 0) is 33.2 Å². The summed E-state index contributed by atoms with van der Waals surface area (Å²) in [5.41, 5.74) is -17.3. The summed E-state index contributed by atoms with van der Waals surface area (Å²) in [5, 5.41) is 0. The molecule has 0 spiro atoms. The maximum atomic E-state index is 13.8. The first-order valence-corrected chi connectivity index (χ1v) is 27.8. The molecule has 0 aliphatic heterocycles. The maximum absolute atomic E-state index is 13.8. The average Bonchev–Trinajstić information content (AvgIpc) is 0.689. The quantitative estimate of drug-likeness (QED) is 0.0449. The molecule has 0 rings (SSSR count). The molecule has 0 aromatic carbocycles. The van der Waals surface area contributed by atoms with Crippen molar-refractivity contribution in [1.29, 1.82) is 0 Å². The number of hydrogen-bond donors (Lipinski definition) is 0. The summed E-state index contributed by atoms with van der Waals surface area (Å²) in [5.74, 6) is -105. The van der Waals surface area contributed by atoms with E-state index in [2.05, 4.69) is 28.1 Å². The van der Waals surface area contributed by atoms with Gasteiger partial charge in [0, 0.05) is 19.4 Å². The molecule has 0 saturated carbocycles. The lowest BCUT2D eigenvalue weighted by atomic mass is 9.82. The van der Waals surface area contributed by atoms with Crippen LogP contribution in [0, 0.1) is 0 Å². The number of hydrogen-bond acceptors (Lipinski definition) is 7. The first-order chi connectivity index (χ1) is 44.3. The Bertz CT molecular complexity index is 2310. The fraction of sp³-hybridized carbons (Fsp3) is 1.00. The van der Waals surface area contributed by atoms with Crippen molar-refractivity contribution in [2.45, 2.75) is 251 Å². The highest BCUT2D eigenvalue weighted by atomic mass is 19.5. The van der Waals surface area contributed by atoms with E-state index in [1.807, 2.05) is 13.8 Å². The Morgan fingerprint density at radius 1 is 0.248 bits per heavy atom. The first-order valence-electron chi connectivity index (χ1n) is 27.8. The predicted molar refractivity (Wildman–Crippen MR) is 257 cm³/mol. The zero-order valence-corrected chi connectivity index (χ0v) is 52.7. The molecule has 0 heterocycles. The molecule has 0 saturated heterocycles. The van der Waals surface area contributed by atoms with E-state index in [1.165, 1.54) is 6.92 Å². The van der Waals surface area contributed by atoms with Gasteiger partial charge in [0.05, 0.1) is 77.3 Å². The zero-order valence-electron chi connectivity index (χ0n) is 52.7. The smallest absolute Gasteiger partial charge is 0.379 e. The van der Waals surface area contributed by atoms with Crippen LogP contribution < -0.4 is 0 Å². The fourth-order valence-corrected chi connectivity index (χ4v) is 6.23. The van der Waals surface area contributed by atoms with Crippen molar-refractivity contribution in [2.24, 2.45) is 0 Å². The van der Waals surface area contributed by atoms with Gasteiger partial charge in [0.2, 0.25) is 0 Å². The molecule has 0 aromatic heterocycles. The first kappa shape index (κ1) is 104. The van der Waals surface area contributed by atoms with Crippen LogP contribution in [0.5, 0.6) is 0 Å². The molecule has 0 amide bonds. The van der Waals surface area contributed by atoms with Crippen LogP contribution >= 0.6 is 0 Å². The van der Waals surface area contributed by atoms with Crippen molar-refractivity contribution in [3.63, 3.8) is 0 Å². The highest BCUT2D eigenvalue weighted by molar-refractivity contribution is 5.21. The Morgan fingerprint density at radius 3 is 0.663 bits per heavy atom. The Labute approximate surface area is 543 Å². The summed E-state index contributed by atoms with van der Waals surface area (Å²) in [4.78, 5) is 0. The lowest BCUT2D eigenvalue weighted by Crippen LogP contribution is -2.79. The maximum Gasteiger partial charge on any atom is 0.438 e. The van der Waals surface area contributed by atoms with Crippen molar-refractivity contribution >= 4 is 0 Å². The molecule has 0 fully saturated rings. The minimum atomic E-state index is -9.47. The van der Waals surface area contributed by atoms with E-state index in [9.17, 15) is 193 Å². The third-order valence-corrected chi connectivity index (χ3v) is 13.2. The van der Waals surface area contributed by atoms with E-state index in [0.29, 0.717) is 25.4 Å². The molecule has 0 N–H and O–H groups in total. The number of ether oxygens (including phenoxy) is 7. The molecule has 7 nitrogen and oxygen atoms in total. The summed E-state index contributed by atoms with van der Waals surface area (Å²) in [6, 6.07) is 0. The van der Waals surface area contributed by atoms with Crippen molar-refractivity contribution in [1.82, 2.24) is 0 Å². The van der Waals surface area contributed by atoms with Crippen LogP contribution in [0.4, 0.5) is 193 Å². The standard InChI is InChI=1S/C19H17F23O2.C15H17F15O2.C10H16F6O2.C6H14O/c1-3-8(2)44-7-6-43-5-4-9(20,21)11(23,24)13(27,28)15(31,32)17(35,36)16(33,34)14(29,30)12(25,26)10(22,18(37,38)39)19(40,41)42;1-3-8(2)32-7-6-31-5-4-9(16,17)11(19,20)13(23,24)12(21,22)10(18,14(25,26)27)15(28,29)30;1-3-7(2)18-5-4-17-6-9(12,13)8(11)10(14,15)16;1-4-6(3)7-5-2/h8H,3-7H2,1-2H3;8H,3-7H2,1-2H3;7-8H,3-6H2,1-2H3;6H,4-5H2,1-3H3. The SMILES string of the molecule is CCC(C)OCCOCC(F)(F)C(F)C(F)(F)F.CCC(C)OCCOCCC(F)(F)C(F)(F)C(F)(F)C(F)(F)C(F)(C(F)(F)F)C(F)(F)F.CCC(C)OCCOCCC(F)(F)C(F)(F)C(F)(F)C(F)(F)C(F)(F)C(F)(F)C(F)(F)C(F)(F)C(F)(C(F)(F)F)C(F)(F)F.CCOC(C)CC. The minimum Gasteiger partial charge on any atom is -0.379 e. The highest BCUT2D eigenvalue weighted by Crippen LogP contribution is 2.69. The van der Waals surface area contributed by atoms with Crippen LogP contribution in [-0.4, -0.2) is 216 Å². The monoisotopic (exact) mass is 1610 g/mol.